The molecule has 4 aliphatic rings. The molecule has 12 heteroatoms. The Labute approximate surface area is 316 Å². The third-order valence-corrected chi connectivity index (χ3v) is 11.7. The molecule has 2 aromatic carbocycles. The molecule has 54 heavy (non-hydrogen) atoms. The maximum atomic E-state index is 14.0. The number of imidazole rings is 2. The summed E-state index contributed by atoms with van der Waals surface area (Å²) in [6, 6.07) is 12.4. The van der Waals surface area contributed by atoms with Crippen molar-refractivity contribution in [1.82, 2.24) is 35.1 Å². The van der Waals surface area contributed by atoms with Gasteiger partial charge in [-0.05, 0) is 123 Å². The first-order chi connectivity index (χ1) is 25.9. The number of amides is 3. The monoisotopic (exact) mass is 733 g/mol. The average Bonchev–Trinajstić information content (AvgIpc) is 4.00. The number of carbonyl (C=O) groups is 3. The summed E-state index contributed by atoms with van der Waals surface area (Å²) in [7, 11) is 1.32. The van der Waals surface area contributed by atoms with E-state index >= 15 is 0 Å². The molecule has 12 nitrogen and oxygen atoms in total. The fraction of sp³-hybridized carbons (Fsp3) is 0.500. The van der Waals surface area contributed by atoms with E-state index in [1.165, 1.54) is 29.4 Å². The number of nitrogens with one attached hydrogen (secondary N) is 3. The number of nitrogens with zero attached hydrogens (tertiary/aromatic N) is 4. The van der Waals surface area contributed by atoms with Crippen molar-refractivity contribution in [3.05, 3.63) is 71.6 Å². The van der Waals surface area contributed by atoms with E-state index in [9.17, 15) is 14.4 Å². The summed E-state index contributed by atoms with van der Waals surface area (Å²) in [5, 5.41) is 2.77. The summed E-state index contributed by atoms with van der Waals surface area (Å²) in [4.78, 5) is 59.4. The molecule has 1 saturated carbocycles. The SMILES string of the molecule is COC(=O)N[C@H](C(=O)N1[C@@H]2CC[C@@H](C2)[C@H]1c1ncc(-c2ccc3c(c2)CCc2cc(-c4cnc(C5CCCN5C(=O)OC(C)(C)C)[nH]4)ccc2-3)[nH]1)C(C)C. The summed E-state index contributed by atoms with van der Waals surface area (Å²) >= 11 is 0. The van der Waals surface area contributed by atoms with Crippen LogP contribution in [0.4, 0.5) is 9.59 Å². The Balaban J connectivity index is 0.993. The van der Waals surface area contributed by atoms with Crippen LogP contribution in [0.2, 0.25) is 0 Å². The van der Waals surface area contributed by atoms with Crippen LogP contribution in [-0.2, 0) is 27.1 Å². The van der Waals surface area contributed by atoms with Crippen LogP contribution in [0.15, 0.2) is 48.8 Å². The third-order valence-electron chi connectivity index (χ3n) is 11.7. The van der Waals surface area contributed by atoms with Gasteiger partial charge in [0.15, 0.2) is 0 Å². The minimum absolute atomic E-state index is 0.0761. The van der Waals surface area contributed by atoms with Crippen molar-refractivity contribution in [2.75, 3.05) is 13.7 Å². The molecule has 4 aromatic rings. The third kappa shape index (κ3) is 6.64. The molecule has 2 bridgehead atoms. The molecule has 3 N–H and O–H groups in total. The van der Waals surface area contributed by atoms with Crippen LogP contribution in [0.1, 0.15) is 102 Å². The average molecular weight is 734 g/mol. The second kappa shape index (κ2) is 13.9. The van der Waals surface area contributed by atoms with Crippen molar-refractivity contribution in [3.8, 4) is 33.6 Å². The minimum atomic E-state index is -0.668. The molecule has 0 radical (unpaired) electrons. The molecule has 4 heterocycles. The van der Waals surface area contributed by atoms with E-state index in [0.717, 1.165) is 79.1 Å². The zero-order chi connectivity index (χ0) is 37.9. The van der Waals surface area contributed by atoms with E-state index in [2.05, 4.69) is 51.7 Å². The number of aryl methyl sites for hydroxylation is 2. The number of methoxy groups -OCH3 is 1. The zero-order valence-electron chi connectivity index (χ0n) is 32.1. The van der Waals surface area contributed by atoms with Crippen molar-refractivity contribution < 1.29 is 23.9 Å². The number of H-pyrrole nitrogens is 2. The first kappa shape index (κ1) is 35.9. The Hall–Kier alpha value is -5.13. The number of aromatic nitrogens is 4. The van der Waals surface area contributed by atoms with E-state index in [0.29, 0.717) is 12.5 Å². The second-order valence-corrected chi connectivity index (χ2v) is 16.7. The van der Waals surface area contributed by atoms with Gasteiger partial charge in [0.1, 0.15) is 23.3 Å². The van der Waals surface area contributed by atoms with Crippen LogP contribution in [0.25, 0.3) is 33.6 Å². The Kier molecular flexibility index (Phi) is 9.26. The van der Waals surface area contributed by atoms with Gasteiger partial charge in [-0.3, -0.25) is 9.69 Å². The lowest BCUT2D eigenvalue weighted by Gasteiger charge is -2.37. The maximum absolute atomic E-state index is 14.0. The van der Waals surface area contributed by atoms with Gasteiger partial charge in [-0.2, -0.15) is 0 Å². The quantitative estimate of drug-likeness (QED) is 0.176. The fourth-order valence-corrected chi connectivity index (χ4v) is 9.12. The van der Waals surface area contributed by atoms with Crippen LogP contribution in [0.5, 0.6) is 0 Å². The van der Waals surface area contributed by atoms with Gasteiger partial charge in [0, 0.05) is 12.6 Å². The van der Waals surface area contributed by atoms with Crippen LogP contribution in [0.3, 0.4) is 0 Å². The number of carbonyl (C=O) groups excluding carboxylic acids is 3. The fourth-order valence-electron chi connectivity index (χ4n) is 9.12. The number of likely N-dealkylation sites (tertiary alicyclic amines) is 2. The molecule has 2 aliphatic carbocycles. The van der Waals surface area contributed by atoms with E-state index in [-0.39, 0.29) is 36.0 Å². The summed E-state index contributed by atoms with van der Waals surface area (Å²) < 4.78 is 10.5. The smallest absolute Gasteiger partial charge is 0.410 e. The standard InChI is InChI=1S/C42H51N7O5/c1-23(2)35(47-40(51)53-6)39(50)49-29-14-11-28(20-29)36(49)38-44-22-33(46-38)27-13-16-31-25(19-27)10-9-24-18-26(12-15-30(24)31)32-21-43-37(45-32)34-8-7-17-48(34)41(52)54-42(3,4)5/h12-13,15-16,18-19,21-23,28-29,34-36H,7-11,14,17,20H2,1-6H3,(H,43,45)(H,44,46)(H,47,51)/t28-,29+,34?,35-,36-/m0/s1. The van der Waals surface area contributed by atoms with Gasteiger partial charge in [-0.25, -0.2) is 19.6 Å². The lowest BCUT2D eigenvalue weighted by atomic mass is 9.83. The normalized spacial score (nSPS) is 22.3. The highest BCUT2D eigenvalue weighted by molar-refractivity contribution is 5.87. The molecule has 2 aromatic heterocycles. The summed E-state index contributed by atoms with van der Waals surface area (Å²) in [5.74, 6) is 1.76. The van der Waals surface area contributed by atoms with Crippen molar-refractivity contribution in [1.29, 1.82) is 0 Å². The van der Waals surface area contributed by atoms with E-state index in [4.69, 9.17) is 19.4 Å². The van der Waals surface area contributed by atoms with Gasteiger partial charge in [-0.15, -0.1) is 0 Å². The van der Waals surface area contributed by atoms with Gasteiger partial charge in [0.25, 0.3) is 0 Å². The van der Waals surface area contributed by atoms with E-state index in [1.54, 1.807) is 4.90 Å². The van der Waals surface area contributed by atoms with Gasteiger partial charge in [-0.1, -0.05) is 38.1 Å². The molecule has 1 unspecified atom stereocenters. The summed E-state index contributed by atoms with van der Waals surface area (Å²) in [5.41, 5.74) is 8.53. The number of hydrogen-bond donors (Lipinski definition) is 3. The molecular formula is C42H51N7O5. The van der Waals surface area contributed by atoms with Gasteiger partial charge < -0.3 is 29.7 Å². The predicted octanol–water partition coefficient (Wildman–Crippen LogP) is 7.74. The number of hydrogen-bond acceptors (Lipinski definition) is 7. The molecule has 5 atom stereocenters. The van der Waals surface area contributed by atoms with E-state index < -0.39 is 17.7 Å². The molecule has 3 amide bonds. The Morgan fingerprint density at radius 3 is 2.13 bits per heavy atom. The highest BCUT2D eigenvalue weighted by Crippen LogP contribution is 2.50. The molecule has 3 fully saturated rings. The van der Waals surface area contributed by atoms with Crippen LogP contribution >= 0.6 is 0 Å². The van der Waals surface area contributed by atoms with Gasteiger partial charge >= 0.3 is 12.2 Å². The second-order valence-electron chi connectivity index (χ2n) is 16.7. The zero-order valence-corrected chi connectivity index (χ0v) is 32.1. The van der Waals surface area contributed by atoms with E-state index in [1.807, 2.05) is 51.9 Å². The van der Waals surface area contributed by atoms with Crippen molar-refractivity contribution in [2.24, 2.45) is 11.8 Å². The Morgan fingerprint density at radius 1 is 0.889 bits per heavy atom. The van der Waals surface area contributed by atoms with Crippen LogP contribution in [-0.4, -0.2) is 79.2 Å². The first-order valence-electron chi connectivity index (χ1n) is 19.4. The molecule has 8 rings (SSSR count). The minimum Gasteiger partial charge on any atom is -0.453 e. The van der Waals surface area contributed by atoms with Crippen molar-refractivity contribution >= 4 is 18.1 Å². The number of ether oxygens (including phenoxy) is 2. The molecule has 284 valence electrons. The Morgan fingerprint density at radius 2 is 1.52 bits per heavy atom. The predicted molar refractivity (Wildman–Crippen MR) is 204 cm³/mol. The topological polar surface area (TPSA) is 146 Å². The molecule has 2 aliphatic heterocycles. The number of aromatic amines is 2. The lowest BCUT2D eigenvalue weighted by molar-refractivity contribution is -0.139. The number of rotatable bonds is 7. The number of alkyl carbamates (subject to hydrolysis) is 1. The Bertz CT molecular complexity index is 2080. The molecular weight excluding hydrogens is 683 g/mol. The van der Waals surface area contributed by atoms with Crippen molar-refractivity contribution in [2.45, 2.75) is 109 Å². The van der Waals surface area contributed by atoms with Gasteiger partial charge in [0.2, 0.25) is 5.91 Å². The first-order valence-corrected chi connectivity index (χ1v) is 19.4. The van der Waals surface area contributed by atoms with Crippen LogP contribution < -0.4 is 5.32 Å². The summed E-state index contributed by atoms with van der Waals surface area (Å²) in [6.45, 7) is 10.2. The lowest BCUT2D eigenvalue weighted by Crippen LogP contribution is -2.54. The highest BCUT2D eigenvalue weighted by atomic mass is 16.6. The number of benzene rings is 2. The van der Waals surface area contributed by atoms with Crippen molar-refractivity contribution in [3.63, 3.8) is 0 Å². The maximum Gasteiger partial charge on any atom is 0.410 e. The summed E-state index contributed by atoms with van der Waals surface area (Å²) in [6.07, 6.45) is 9.44. The number of piperidine rings is 1. The van der Waals surface area contributed by atoms with Crippen LogP contribution in [0, 0.1) is 11.8 Å². The largest absolute Gasteiger partial charge is 0.453 e. The number of fused-ring (bicyclic) bond motifs is 5. The molecule has 2 saturated heterocycles. The highest BCUT2D eigenvalue weighted by Gasteiger charge is 2.51. The molecule has 0 spiro atoms. The van der Waals surface area contributed by atoms with Gasteiger partial charge in [0.05, 0.1) is 43.0 Å².